The summed E-state index contributed by atoms with van der Waals surface area (Å²) in [5.41, 5.74) is -1.07. The number of rotatable bonds is 7. The number of benzene rings is 4. The SMILES string of the molecule is C.CC(C)(C)OC(=O)N1CCN(S(=O)(=O)c2ccccc2)CC1C(=O)Nc1ccc(Cl)c(F)c1.CC(C)(C)OC(=O)N1CCNCC1C(=O)Nc1ccc(Cl)c(F)c1.O=S(=O)(Cl)c1ccccc1. The van der Waals surface area contributed by atoms with Crippen molar-refractivity contribution in [1.82, 2.24) is 19.4 Å². The van der Waals surface area contributed by atoms with Gasteiger partial charge in [-0.05, 0) is 102 Å². The van der Waals surface area contributed by atoms with Gasteiger partial charge in [-0.2, -0.15) is 4.31 Å². The van der Waals surface area contributed by atoms with Crippen molar-refractivity contribution in [3.05, 3.63) is 119 Å². The fourth-order valence-electron chi connectivity index (χ4n) is 6.14. The van der Waals surface area contributed by atoms with Gasteiger partial charge in [-0.25, -0.2) is 35.2 Å². The first kappa shape index (κ1) is 57.2. The number of anilines is 2. The van der Waals surface area contributed by atoms with Gasteiger partial charge in [0.05, 0.1) is 19.8 Å². The van der Waals surface area contributed by atoms with E-state index in [2.05, 4.69) is 16.0 Å². The molecule has 0 radical (unpaired) electrons. The van der Waals surface area contributed by atoms with E-state index in [1.54, 1.807) is 77.9 Å². The van der Waals surface area contributed by atoms with Gasteiger partial charge in [0, 0.05) is 61.3 Å². The van der Waals surface area contributed by atoms with Crippen LogP contribution in [0.4, 0.5) is 29.7 Å². The van der Waals surface area contributed by atoms with Crippen LogP contribution in [0.15, 0.2) is 107 Å². The second-order valence-corrected chi connectivity index (χ2v) is 22.1. The molecule has 0 saturated carbocycles. The molecule has 2 unspecified atom stereocenters. The third-order valence-corrected chi connectivity index (χ3v) is 13.1. The molecule has 2 aliphatic rings. The third kappa shape index (κ3) is 17.1. The first-order valence-corrected chi connectivity index (χ1v) is 24.9. The number of halogens is 5. The molecule has 0 spiro atoms. The number of hydrogen-bond donors (Lipinski definition) is 3. The molecule has 0 bridgehead atoms. The fraction of sp³-hybridized carbons (Fsp3) is 0.378. The maximum Gasteiger partial charge on any atom is 0.411 e. The lowest BCUT2D eigenvalue weighted by molar-refractivity contribution is -0.123. The molecule has 4 aromatic carbocycles. The number of piperazine rings is 2. The Morgan fingerprint density at radius 3 is 1.49 bits per heavy atom. The molecule has 2 aliphatic heterocycles. The molecule has 0 aromatic heterocycles. The van der Waals surface area contributed by atoms with Crippen LogP contribution in [0.3, 0.4) is 0 Å². The van der Waals surface area contributed by atoms with Crippen molar-refractivity contribution in [2.45, 2.75) is 82.0 Å². The number of ether oxygens (including phenoxy) is 2. The standard InChI is InChI=1S/C22H25ClFN3O5S.C16H21ClFN3O3.C6H5ClO2S.CH4/c1-22(2,3)32-21(29)27-12-11-26(33(30,31)16-7-5-4-6-8-16)14-19(27)20(28)25-15-9-10-17(23)18(24)13-15;1-16(2,3)24-15(23)21-7-6-19-9-13(21)14(22)20-10-4-5-11(17)12(18)8-10;7-10(8,9)6-4-2-1-3-5-6;/h4-10,13,19H,11-12,14H2,1-3H3,(H,25,28);4-5,8,13,19H,6-7,9H2,1-3H3,(H,20,22);1-5H;1H4. The van der Waals surface area contributed by atoms with Crippen molar-refractivity contribution >= 4 is 88.3 Å². The van der Waals surface area contributed by atoms with E-state index in [0.29, 0.717) is 19.6 Å². The summed E-state index contributed by atoms with van der Waals surface area (Å²) in [5, 5.41) is 8.06. The van der Waals surface area contributed by atoms with E-state index in [9.17, 15) is 44.8 Å². The van der Waals surface area contributed by atoms with Gasteiger partial charge in [0.15, 0.2) is 0 Å². The Bertz CT molecular complexity index is 2610. The van der Waals surface area contributed by atoms with Gasteiger partial charge in [-0.3, -0.25) is 19.4 Å². The maximum atomic E-state index is 13.8. The summed E-state index contributed by atoms with van der Waals surface area (Å²) in [4.78, 5) is 53.5. The molecule has 2 fully saturated rings. The summed E-state index contributed by atoms with van der Waals surface area (Å²) in [6.45, 7) is 11.2. The Balaban J connectivity index is 0.000000305. The first-order valence-electron chi connectivity index (χ1n) is 20.4. The molecule has 2 heterocycles. The zero-order valence-electron chi connectivity index (χ0n) is 37.3. The highest BCUT2D eigenvalue weighted by Gasteiger charge is 2.42. The molecule has 4 aromatic rings. The zero-order chi connectivity index (χ0) is 49.9. The summed E-state index contributed by atoms with van der Waals surface area (Å²) in [6, 6.07) is 21.4. The predicted octanol–water partition coefficient (Wildman–Crippen LogP) is 8.60. The van der Waals surface area contributed by atoms with Crippen LogP contribution >= 0.6 is 33.9 Å². The summed E-state index contributed by atoms with van der Waals surface area (Å²) in [5.74, 6) is -2.46. The molecule has 68 heavy (non-hydrogen) atoms. The molecule has 6 rings (SSSR count). The van der Waals surface area contributed by atoms with Crippen molar-refractivity contribution in [3.8, 4) is 0 Å². The Kier molecular flexibility index (Phi) is 20.6. The lowest BCUT2D eigenvalue weighted by Crippen LogP contribution is -2.61. The Morgan fingerprint density at radius 1 is 0.647 bits per heavy atom. The normalized spacial score (nSPS) is 16.6. The van der Waals surface area contributed by atoms with Gasteiger partial charge in [-0.15, -0.1) is 0 Å². The molecule has 3 N–H and O–H groups in total. The monoisotopic (exact) mass is 1050 g/mol. The average Bonchev–Trinajstić information content (AvgIpc) is 3.25. The number of sulfonamides is 1. The molecule has 23 heteroatoms. The lowest BCUT2D eigenvalue weighted by atomic mass is 10.1. The Hall–Kier alpha value is -5.09. The van der Waals surface area contributed by atoms with Crippen LogP contribution < -0.4 is 16.0 Å². The van der Waals surface area contributed by atoms with Crippen LogP contribution in [0.2, 0.25) is 10.0 Å². The molecule has 2 atom stereocenters. The summed E-state index contributed by atoms with van der Waals surface area (Å²) >= 11 is 11.3. The average molecular weight is 1050 g/mol. The van der Waals surface area contributed by atoms with Gasteiger partial charge in [0.2, 0.25) is 21.8 Å². The van der Waals surface area contributed by atoms with Crippen LogP contribution in [0.5, 0.6) is 0 Å². The summed E-state index contributed by atoms with van der Waals surface area (Å²) in [6.07, 6.45) is -1.30. The van der Waals surface area contributed by atoms with Gasteiger partial charge in [0.25, 0.3) is 9.05 Å². The molecule has 2 saturated heterocycles. The van der Waals surface area contributed by atoms with Crippen molar-refractivity contribution in [3.63, 3.8) is 0 Å². The summed E-state index contributed by atoms with van der Waals surface area (Å²) in [7, 11) is -2.40. The van der Waals surface area contributed by atoms with E-state index in [0.717, 1.165) is 16.4 Å². The number of carbonyl (C=O) groups is 4. The lowest BCUT2D eigenvalue weighted by Gasteiger charge is -2.40. The highest BCUT2D eigenvalue weighted by molar-refractivity contribution is 8.13. The number of nitrogens with one attached hydrogen (secondary N) is 3. The van der Waals surface area contributed by atoms with Crippen molar-refractivity contribution in [1.29, 1.82) is 0 Å². The molecular weight excluding hydrogens is 993 g/mol. The predicted molar refractivity (Wildman–Crippen MR) is 258 cm³/mol. The maximum absolute atomic E-state index is 13.8. The second-order valence-electron chi connectivity index (χ2n) is 16.7. The van der Waals surface area contributed by atoms with Crippen LogP contribution in [-0.4, -0.2) is 117 Å². The van der Waals surface area contributed by atoms with Crippen molar-refractivity contribution in [2.24, 2.45) is 0 Å². The van der Waals surface area contributed by atoms with Crippen LogP contribution in [0, 0.1) is 11.6 Å². The topological polar surface area (TPSA) is 201 Å². The molecule has 0 aliphatic carbocycles. The quantitative estimate of drug-likeness (QED) is 0.150. The van der Waals surface area contributed by atoms with Crippen LogP contribution in [-0.2, 0) is 38.1 Å². The summed E-state index contributed by atoms with van der Waals surface area (Å²) < 4.78 is 86.6. The van der Waals surface area contributed by atoms with Crippen LogP contribution in [0.25, 0.3) is 0 Å². The number of amides is 4. The Morgan fingerprint density at radius 2 is 1.07 bits per heavy atom. The van der Waals surface area contributed by atoms with Crippen LogP contribution in [0.1, 0.15) is 49.0 Å². The van der Waals surface area contributed by atoms with Crippen molar-refractivity contribution < 1.29 is 54.3 Å². The van der Waals surface area contributed by atoms with E-state index in [1.807, 2.05) is 0 Å². The molecule has 372 valence electrons. The highest BCUT2D eigenvalue weighted by Crippen LogP contribution is 2.25. The molecule has 16 nitrogen and oxygen atoms in total. The first-order chi connectivity index (χ1) is 31.2. The number of carbonyl (C=O) groups excluding carboxylic acids is 4. The number of nitrogens with zero attached hydrogens (tertiary/aromatic N) is 3. The van der Waals surface area contributed by atoms with E-state index in [4.69, 9.17) is 43.4 Å². The van der Waals surface area contributed by atoms with E-state index in [1.165, 1.54) is 58.3 Å². The smallest absolute Gasteiger partial charge is 0.411 e. The largest absolute Gasteiger partial charge is 0.444 e. The van der Waals surface area contributed by atoms with Crippen molar-refractivity contribution in [2.75, 3.05) is 49.9 Å². The second kappa shape index (κ2) is 24.5. The fourth-order valence-corrected chi connectivity index (χ4v) is 8.63. The van der Waals surface area contributed by atoms with E-state index >= 15 is 0 Å². The van der Waals surface area contributed by atoms with Gasteiger partial charge >= 0.3 is 12.2 Å². The van der Waals surface area contributed by atoms with Gasteiger partial charge in [0.1, 0.15) is 34.9 Å². The molecule has 4 amide bonds. The zero-order valence-corrected chi connectivity index (χ0v) is 41.2. The minimum absolute atomic E-state index is 0. The number of hydrogen-bond acceptors (Lipinski definition) is 11. The van der Waals surface area contributed by atoms with E-state index in [-0.39, 0.29) is 58.3 Å². The van der Waals surface area contributed by atoms with E-state index < -0.39 is 78.0 Å². The highest BCUT2D eigenvalue weighted by atomic mass is 35.7. The minimum atomic E-state index is -3.90. The third-order valence-electron chi connectivity index (χ3n) is 9.23. The van der Waals surface area contributed by atoms with Gasteiger partial charge < -0.3 is 25.4 Å². The minimum Gasteiger partial charge on any atom is -0.444 e. The Labute approximate surface area is 410 Å². The van der Waals surface area contributed by atoms with Gasteiger partial charge in [-0.1, -0.05) is 67.0 Å². The molecular formula is C45H55Cl3F2N6O10S2.